The molecule has 5 heteroatoms. The van der Waals surface area contributed by atoms with Gasteiger partial charge in [0.05, 0.1) is 18.0 Å². The van der Waals surface area contributed by atoms with E-state index in [4.69, 9.17) is 4.74 Å². The minimum Gasteiger partial charge on any atom is -0.376 e. The number of rotatable bonds is 6. The van der Waals surface area contributed by atoms with Crippen LogP contribution in [0.4, 0.5) is 5.82 Å². The number of ether oxygens (including phenoxy) is 1. The quantitative estimate of drug-likeness (QED) is 0.838. The zero-order valence-electron chi connectivity index (χ0n) is 11.5. The van der Waals surface area contributed by atoms with Crippen molar-refractivity contribution in [3.05, 3.63) is 18.1 Å². The molecular formula is C14H22N4O. The summed E-state index contributed by atoms with van der Waals surface area (Å²) in [6.45, 7) is 2.61. The number of hydrogen-bond donors (Lipinski definition) is 1. The van der Waals surface area contributed by atoms with Crippen molar-refractivity contribution in [1.29, 1.82) is 0 Å². The van der Waals surface area contributed by atoms with Crippen LogP contribution in [0.15, 0.2) is 12.4 Å². The van der Waals surface area contributed by atoms with E-state index in [0.717, 1.165) is 37.6 Å². The van der Waals surface area contributed by atoms with E-state index in [1.807, 2.05) is 12.4 Å². The average Bonchev–Trinajstić information content (AvgIpc) is 3.13. The molecule has 1 aliphatic carbocycles. The third kappa shape index (κ3) is 3.64. The molecule has 0 aromatic carbocycles. The highest BCUT2D eigenvalue weighted by Gasteiger charge is 2.21. The van der Waals surface area contributed by atoms with Crippen LogP contribution in [-0.2, 0) is 11.3 Å². The molecule has 0 amide bonds. The van der Waals surface area contributed by atoms with Gasteiger partial charge in [0.15, 0.2) is 0 Å². The number of nitrogens with zero attached hydrogens (tertiary/aromatic N) is 3. The first kappa shape index (κ1) is 12.8. The monoisotopic (exact) mass is 262 g/mol. The van der Waals surface area contributed by atoms with Crippen molar-refractivity contribution in [2.75, 3.05) is 25.1 Å². The molecule has 104 valence electrons. The Morgan fingerprint density at radius 1 is 1.37 bits per heavy atom. The van der Waals surface area contributed by atoms with E-state index in [-0.39, 0.29) is 0 Å². The molecule has 19 heavy (non-hydrogen) atoms. The maximum Gasteiger partial charge on any atom is 0.147 e. The van der Waals surface area contributed by atoms with E-state index in [9.17, 15) is 0 Å². The molecule has 2 fully saturated rings. The lowest BCUT2D eigenvalue weighted by molar-refractivity contribution is 0.116. The van der Waals surface area contributed by atoms with Gasteiger partial charge in [-0.3, -0.25) is 4.98 Å². The normalized spacial score (nSPS) is 22.7. The summed E-state index contributed by atoms with van der Waals surface area (Å²) in [4.78, 5) is 11.1. The van der Waals surface area contributed by atoms with Crippen molar-refractivity contribution >= 4 is 5.82 Å². The number of nitrogens with one attached hydrogen (secondary N) is 1. The molecule has 2 aliphatic rings. The van der Waals surface area contributed by atoms with Gasteiger partial charge in [-0.05, 0) is 25.7 Å². The molecule has 1 aromatic rings. The third-order valence-electron chi connectivity index (χ3n) is 3.71. The number of anilines is 1. The van der Waals surface area contributed by atoms with Gasteiger partial charge in [0.2, 0.25) is 0 Å². The second kappa shape index (κ2) is 5.84. The largest absolute Gasteiger partial charge is 0.376 e. The van der Waals surface area contributed by atoms with Crippen LogP contribution in [0.1, 0.15) is 31.4 Å². The minimum absolute atomic E-state index is 0.347. The van der Waals surface area contributed by atoms with E-state index in [1.54, 1.807) is 0 Å². The third-order valence-corrected chi connectivity index (χ3v) is 3.71. The van der Waals surface area contributed by atoms with Gasteiger partial charge in [-0.15, -0.1) is 0 Å². The Labute approximate surface area is 114 Å². The highest BCUT2D eigenvalue weighted by atomic mass is 16.5. The van der Waals surface area contributed by atoms with Gasteiger partial charge in [-0.25, -0.2) is 4.98 Å². The Morgan fingerprint density at radius 3 is 3.00 bits per heavy atom. The summed E-state index contributed by atoms with van der Waals surface area (Å²) in [6.07, 6.45) is 8.95. The van der Waals surface area contributed by atoms with Crippen LogP contribution in [0.5, 0.6) is 0 Å². The molecule has 1 aliphatic heterocycles. The molecule has 0 spiro atoms. The summed E-state index contributed by atoms with van der Waals surface area (Å²) in [6, 6.07) is 0.704. The van der Waals surface area contributed by atoms with Crippen molar-refractivity contribution in [2.24, 2.45) is 0 Å². The summed E-state index contributed by atoms with van der Waals surface area (Å²) in [5, 5.41) is 3.47. The summed E-state index contributed by atoms with van der Waals surface area (Å²) >= 11 is 0. The molecular weight excluding hydrogens is 240 g/mol. The van der Waals surface area contributed by atoms with Crippen molar-refractivity contribution in [3.8, 4) is 0 Å². The van der Waals surface area contributed by atoms with Gasteiger partial charge >= 0.3 is 0 Å². The van der Waals surface area contributed by atoms with Crippen LogP contribution < -0.4 is 10.2 Å². The van der Waals surface area contributed by atoms with E-state index in [0.29, 0.717) is 12.1 Å². The summed E-state index contributed by atoms with van der Waals surface area (Å²) in [7, 11) is 2.06. The molecule has 1 saturated heterocycles. The van der Waals surface area contributed by atoms with E-state index >= 15 is 0 Å². The van der Waals surface area contributed by atoms with Crippen molar-refractivity contribution in [3.63, 3.8) is 0 Å². The smallest absolute Gasteiger partial charge is 0.147 e. The maximum atomic E-state index is 5.66. The summed E-state index contributed by atoms with van der Waals surface area (Å²) < 4.78 is 5.66. The molecule has 1 aromatic heterocycles. The highest BCUT2D eigenvalue weighted by Crippen LogP contribution is 2.19. The van der Waals surface area contributed by atoms with Gasteiger partial charge < -0.3 is 15.0 Å². The Hall–Kier alpha value is -1.20. The lowest BCUT2D eigenvalue weighted by Crippen LogP contribution is -2.29. The van der Waals surface area contributed by atoms with Gasteiger partial charge in [-0.1, -0.05) is 0 Å². The fraction of sp³-hybridized carbons (Fsp3) is 0.714. The number of likely N-dealkylation sites (N-methyl/N-ethyl adjacent to an activating group) is 1. The first-order chi connectivity index (χ1) is 9.31. The molecule has 5 nitrogen and oxygen atoms in total. The molecule has 1 atom stereocenters. The molecule has 1 N–H and O–H groups in total. The van der Waals surface area contributed by atoms with E-state index in [1.165, 1.54) is 19.3 Å². The predicted octanol–water partition coefficient (Wildman–Crippen LogP) is 1.34. The topological polar surface area (TPSA) is 50.3 Å². The molecule has 1 unspecified atom stereocenters. The fourth-order valence-corrected chi connectivity index (χ4v) is 2.39. The fourth-order valence-electron chi connectivity index (χ4n) is 2.39. The average molecular weight is 262 g/mol. The SMILES string of the molecule is CN(CC1CCCO1)c1cncc(CNC2CC2)n1. The van der Waals surface area contributed by atoms with Crippen LogP contribution >= 0.6 is 0 Å². The number of aromatic nitrogens is 2. The molecule has 2 heterocycles. The second-order valence-corrected chi connectivity index (χ2v) is 5.54. The zero-order valence-corrected chi connectivity index (χ0v) is 11.5. The first-order valence-corrected chi connectivity index (χ1v) is 7.18. The standard InChI is InChI=1S/C14H22N4O/c1-18(10-13-3-2-6-19-13)14-9-15-7-12(17-14)8-16-11-4-5-11/h7,9,11,13,16H,2-6,8,10H2,1H3. The van der Waals surface area contributed by atoms with Gasteiger partial charge in [0, 0.05) is 39.0 Å². The molecule has 3 rings (SSSR count). The van der Waals surface area contributed by atoms with Crippen LogP contribution in [0.3, 0.4) is 0 Å². The van der Waals surface area contributed by atoms with Crippen LogP contribution in [-0.4, -0.2) is 42.3 Å². The van der Waals surface area contributed by atoms with Crippen LogP contribution in [0.2, 0.25) is 0 Å². The minimum atomic E-state index is 0.347. The van der Waals surface area contributed by atoms with Gasteiger partial charge in [0.25, 0.3) is 0 Å². The summed E-state index contributed by atoms with van der Waals surface area (Å²) in [5.74, 6) is 0.936. The molecule has 0 bridgehead atoms. The predicted molar refractivity (Wildman–Crippen MR) is 74.1 cm³/mol. The Bertz CT molecular complexity index is 416. The molecule has 1 saturated carbocycles. The van der Waals surface area contributed by atoms with Crippen LogP contribution in [0.25, 0.3) is 0 Å². The molecule has 0 radical (unpaired) electrons. The van der Waals surface area contributed by atoms with Crippen molar-refractivity contribution < 1.29 is 4.74 Å². The Morgan fingerprint density at radius 2 is 2.26 bits per heavy atom. The second-order valence-electron chi connectivity index (χ2n) is 5.54. The van der Waals surface area contributed by atoms with E-state index in [2.05, 4.69) is 27.2 Å². The maximum absolute atomic E-state index is 5.66. The highest BCUT2D eigenvalue weighted by molar-refractivity contribution is 5.35. The van der Waals surface area contributed by atoms with Crippen molar-refractivity contribution in [1.82, 2.24) is 15.3 Å². The lowest BCUT2D eigenvalue weighted by atomic mass is 10.2. The summed E-state index contributed by atoms with van der Waals surface area (Å²) in [5.41, 5.74) is 1.02. The zero-order chi connectivity index (χ0) is 13.1. The number of hydrogen-bond acceptors (Lipinski definition) is 5. The van der Waals surface area contributed by atoms with Gasteiger partial charge in [-0.2, -0.15) is 0 Å². The lowest BCUT2D eigenvalue weighted by Gasteiger charge is -2.21. The van der Waals surface area contributed by atoms with E-state index < -0.39 is 0 Å². The van der Waals surface area contributed by atoms with Crippen LogP contribution in [0, 0.1) is 0 Å². The Balaban J connectivity index is 1.56. The first-order valence-electron chi connectivity index (χ1n) is 7.18. The van der Waals surface area contributed by atoms with Crippen molar-refractivity contribution in [2.45, 2.75) is 44.4 Å². The van der Waals surface area contributed by atoms with Gasteiger partial charge in [0.1, 0.15) is 5.82 Å². The Kier molecular flexibility index (Phi) is 3.94.